The molecule has 1 aliphatic rings. The smallest absolute Gasteiger partial charge is 0.00391 e. The van der Waals surface area contributed by atoms with Crippen LogP contribution in [0.3, 0.4) is 0 Å². The first-order chi connectivity index (χ1) is 6.65. The third kappa shape index (κ3) is 2.37. The van der Waals surface area contributed by atoms with E-state index in [-0.39, 0.29) is 5.41 Å². The fourth-order valence-electron chi connectivity index (χ4n) is 1.92. The minimum absolute atomic E-state index is 0.263. The average molecular weight is 190 g/mol. The molecular weight excluding hydrogens is 168 g/mol. The normalized spacial score (nSPS) is 26.9. The van der Waals surface area contributed by atoms with Crippen LogP contribution in [-0.2, 0) is 0 Å². The van der Waals surface area contributed by atoms with Crippen LogP contribution in [0.1, 0.15) is 47.0 Å². The molecule has 14 heavy (non-hydrogen) atoms. The van der Waals surface area contributed by atoms with Gasteiger partial charge in [-0.15, -0.1) is 0 Å². The van der Waals surface area contributed by atoms with Gasteiger partial charge in [-0.25, -0.2) is 0 Å². The van der Waals surface area contributed by atoms with Crippen molar-refractivity contribution >= 4 is 0 Å². The van der Waals surface area contributed by atoms with Gasteiger partial charge >= 0.3 is 0 Å². The summed E-state index contributed by atoms with van der Waals surface area (Å²) in [7, 11) is 0. The second-order valence-corrected chi connectivity index (χ2v) is 4.29. The predicted molar refractivity (Wildman–Crippen MR) is 64.3 cm³/mol. The Bertz CT molecular complexity index is 278. The summed E-state index contributed by atoms with van der Waals surface area (Å²) in [6, 6.07) is 0. The SMILES string of the molecule is CCC1=CC=CC(C)(CC)C=C1CC. The molecule has 1 rings (SSSR count). The van der Waals surface area contributed by atoms with Gasteiger partial charge in [-0.2, -0.15) is 0 Å². The summed E-state index contributed by atoms with van der Waals surface area (Å²) in [5.41, 5.74) is 3.29. The molecule has 78 valence electrons. The van der Waals surface area contributed by atoms with E-state index in [1.807, 2.05) is 0 Å². The van der Waals surface area contributed by atoms with Gasteiger partial charge in [-0.1, -0.05) is 52.0 Å². The monoisotopic (exact) mass is 190 g/mol. The second-order valence-electron chi connectivity index (χ2n) is 4.29. The van der Waals surface area contributed by atoms with Crippen LogP contribution >= 0.6 is 0 Å². The van der Waals surface area contributed by atoms with E-state index in [2.05, 4.69) is 52.0 Å². The first-order valence-electron chi connectivity index (χ1n) is 5.75. The van der Waals surface area contributed by atoms with Crippen LogP contribution in [0.2, 0.25) is 0 Å². The lowest BCUT2D eigenvalue weighted by molar-refractivity contribution is 0.526. The molecule has 0 heterocycles. The van der Waals surface area contributed by atoms with Crippen molar-refractivity contribution < 1.29 is 0 Å². The number of hydrogen-bond acceptors (Lipinski definition) is 0. The fraction of sp³-hybridized carbons (Fsp3) is 0.571. The molecule has 0 N–H and O–H groups in total. The van der Waals surface area contributed by atoms with E-state index in [0.29, 0.717) is 0 Å². The molecule has 0 radical (unpaired) electrons. The van der Waals surface area contributed by atoms with Crippen LogP contribution in [-0.4, -0.2) is 0 Å². The van der Waals surface area contributed by atoms with Gasteiger partial charge in [0.2, 0.25) is 0 Å². The molecule has 0 aromatic rings. The molecule has 1 atom stereocenters. The highest BCUT2D eigenvalue weighted by atomic mass is 14.2. The van der Waals surface area contributed by atoms with Crippen LogP contribution in [0, 0.1) is 5.41 Å². The fourth-order valence-corrected chi connectivity index (χ4v) is 1.92. The Hall–Kier alpha value is -0.780. The third-order valence-electron chi connectivity index (χ3n) is 3.21. The van der Waals surface area contributed by atoms with Crippen molar-refractivity contribution in [1.82, 2.24) is 0 Å². The molecule has 0 amide bonds. The molecule has 0 aromatic heterocycles. The third-order valence-corrected chi connectivity index (χ3v) is 3.21. The Morgan fingerprint density at radius 3 is 2.21 bits per heavy atom. The standard InChI is InChI=1S/C14H22/c1-5-12-9-8-10-14(4,7-3)11-13(12)6-2/h8-11H,5-7H2,1-4H3. The van der Waals surface area contributed by atoms with Crippen LogP contribution < -0.4 is 0 Å². The summed E-state index contributed by atoms with van der Waals surface area (Å²) >= 11 is 0. The molecule has 1 unspecified atom stereocenters. The van der Waals surface area contributed by atoms with E-state index in [0.717, 1.165) is 12.8 Å². The van der Waals surface area contributed by atoms with E-state index >= 15 is 0 Å². The van der Waals surface area contributed by atoms with Crippen LogP contribution in [0.4, 0.5) is 0 Å². The van der Waals surface area contributed by atoms with E-state index in [4.69, 9.17) is 0 Å². The summed E-state index contributed by atoms with van der Waals surface area (Å²) in [4.78, 5) is 0. The van der Waals surface area contributed by atoms with Crippen molar-refractivity contribution in [3.63, 3.8) is 0 Å². The average Bonchev–Trinajstić information content (AvgIpc) is 2.37. The van der Waals surface area contributed by atoms with Gasteiger partial charge < -0.3 is 0 Å². The molecule has 0 fully saturated rings. The van der Waals surface area contributed by atoms with Crippen molar-refractivity contribution in [3.8, 4) is 0 Å². The van der Waals surface area contributed by atoms with Crippen molar-refractivity contribution in [1.29, 1.82) is 0 Å². The first kappa shape index (κ1) is 11.3. The molecule has 0 saturated carbocycles. The Morgan fingerprint density at radius 2 is 1.71 bits per heavy atom. The van der Waals surface area contributed by atoms with Gasteiger partial charge in [0.25, 0.3) is 0 Å². The lowest BCUT2D eigenvalue weighted by Crippen LogP contribution is -2.08. The molecule has 0 aliphatic heterocycles. The molecule has 0 nitrogen and oxygen atoms in total. The maximum Gasteiger partial charge on any atom is 0.00391 e. The topological polar surface area (TPSA) is 0 Å². The second kappa shape index (κ2) is 4.63. The van der Waals surface area contributed by atoms with E-state index in [1.165, 1.54) is 17.6 Å². The Labute approximate surface area is 88.4 Å². The van der Waals surface area contributed by atoms with Crippen molar-refractivity contribution in [3.05, 3.63) is 35.5 Å². The minimum Gasteiger partial charge on any atom is -0.0748 e. The zero-order chi connectivity index (χ0) is 10.6. The predicted octanol–water partition coefficient (Wildman–Crippen LogP) is 4.65. The van der Waals surface area contributed by atoms with Crippen molar-refractivity contribution in [2.24, 2.45) is 5.41 Å². The molecule has 0 heteroatoms. The maximum atomic E-state index is 2.45. The Morgan fingerprint density at radius 1 is 1.07 bits per heavy atom. The van der Waals surface area contributed by atoms with E-state index in [9.17, 15) is 0 Å². The van der Waals surface area contributed by atoms with Crippen LogP contribution in [0.25, 0.3) is 0 Å². The van der Waals surface area contributed by atoms with Crippen molar-refractivity contribution in [2.75, 3.05) is 0 Å². The minimum atomic E-state index is 0.263. The summed E-state index contributed by atoms with van der Waals surface area (Å²) < 4.78 is 0. The van der Waals surface area contributed by atoms with Gasteiger partial charge in [0.15, 0.2) is 0 Å². The molecule has 1 aliphatic carbocycles. The summed E-state index contributed by atoms with van der Waals surface area (Å²) in [5.74, 6) is 0. The number of rotatable bonds is 3. The molecule has 0 spiro atoms. The van der Waals surface area contributed by atoms with E-state index < -0.39 is 0 Å². The molecule has 0 aromatic carbocycles. The van der Waals surface area contributed by atoms with Gasteiger partial charge in [0, 0.05) is 5.41 Å². The van der Waals surface area contributed by atoms with Gasteiger partial charge in [0.05, 0.1) is 0 Å². The first-order valence-corrected chi connectivity index (χ1v) is 5.75. The number of hydrogen-bond donors (Lipinski definition) is 0. The van der Waals surface area contributed by atoms with Gasteiger partial charge in [0.1, 0.15) is 0 Å². The lowest BCUT2D eigenvalue weighted by atomic mass is 9.84. The molecular formula is C14H22. The zero-order valence-corrected chi connectivity index (χ0v) is 9.93. The van der Waals surface area contributed by atoms with E-state index in [1.54, 1.807) is 0 Å². The maximum absolute atomic E-state index is 2.45. The highest BCUT2D eigenvalue weighted by Gasteiger charge is 2.18. The largest absolute Gasteiger partial charge is 0.0748 e. The van der Waals surface area contributed by atoms with Crippen molar-refractivity contribution in [2.45, 2.75) is 47.0 Å². The molecule has 0 saturated heterocycles. The number of allylic oxidation sites excluding steroid dienone is 6. The summed E-state index contributed by atoms with van der Waals surface area (Å²) in [6.45, 7) is 9.05. The summed E-state index contributed by atoms with van der Waals surface area (Å²) in [6.07, 6.45) is 12.7. The lowest BCUT2D eigenvalue weighted by Gasteiger charge is -2.20. The van der Waals surface area contributed by atoms with Gasteiger partial charge in [-0.05, 0) is 30.4 Å². The highest BCUT2D eigenvalue weighted by molar-refractivity contribution is 5.38. The molecule has 0 bridgehead atoms. The van der Waals surface area contributed by atoms with Gasteiger partial charge in [-0.3, -0.25) is 0 Å². The Kier molecular flexibility index (Phi) is 3.74. The zero-order valence-electron chi connectivity index (χ0n) is 9.93. The van der Waals surface area contributed by atoms with Crippen LogP contribution in [0.5, 0.6) is 0 Å². The quantitative estimate of drug-likeness (QED) is 0.608. The Balaban J connectivity index is 3.05. The van der Waals surface area contributed by atoms with Crippen LogP contribution in [0.15, 0.2) is 35.5 Å². The summed E-state index contributed by atoms with van der Waals surface area (Å²) in [5, 5.41) is 0. The highest BCUT2D eigenvalue weighted by Crippen LogP contribution is 2.32.